The number of nitrogens with one attached hydrogen (secondary N) is 1. The first-order valence-electron chi connectivity index (χ1n) is 6.63. The van der Waals surface area contributed by atoms with Gasteiger partial charge in [0.05, 0.1) is 11.9 Å². The summed E-state index contributed by atoms with van der Waals surface area (Å²) in [6.45, 7) is 6.68. The third-order valence-electron chi connectivity index (χ3n) is 2.76. The Balaban J connectivity index is 2.80. The Morgan fingerprint density at radius 2 is 2.10 bits per heavy atom. The maximum atomic E-state index is 12.1. The molecule has 0 fully saturated rings. The van der Waals surface area contributed by atoms with Crippen molar-refractivity contribution in [2.75, 3.05) is 17.3 Å². The third-order valence-corrected chi connectivity index (χ3v) is 4.34. The predicted molar refractivity (Wildman–Crippen MR) is 87.7 cm³/mol. The van der Waals surface area contributed by atoms with Crippen LogP contribution in [0, 0.1) is 5.92 Å². The second-order valence-corrected chi connectivity index (χ2v) is 7.71. The molecular weight excluding hydrogens is 342 g/mol. The maximum Gasteiger partial charge on any atom is 0.283 e. The first-order valence-corrected chi connectivity index (χ1v) is 9.15. The molecule has 0 spiro atoms. The normalized spacial score (nSPS) is 14.3. The summed E-state index contributed by atoms with van der Waals surface area (Å²) in [7, 11) is -0.797. The van der Waals surface area contributed by atoms with Crippen LogP contribution >= 0.6 is 15.9 Å². The Labute approximate surface area is 130 Å². The van der Waals surface area contributed by atoms with Crippen LogP contribution in [0.1, 0.15) is 27.2 Å². The molecule has 114 valence electrons. The molecule has 0 aromatic carbocycles. The minimum absolute atomic E-state index is 0.130. The average Bonchev–Trinajstić information content (AvgIpc) is 2.35. The van der Waals surface area contributed by atoms with Gasteiger partial charge in [0.15, 0.2) is 0 Å². The summed E-state index contributed by atoms with van der Waals surface area (Å²) in [6.07, 6.45) is 4.13. The van der Waals surface area contributed by atoms with Crippen LogP contribution < -0.4 is 10.9 Å². The van der Waals surface area contributed by atoms with Crippen LogP contribution in [-0.2, 0) is 17.3 Å². The summed E-state index contributed by atoms with van der Waals surface area (Å²) in [5.74, 6) is 1.01. The smallest absolute Gasteiger partial charge is 0.283 e. The average molecular weight is 364 g/mol. The Bertz CT molecular complexity index is 531. The van der Waals surface area contributed by atoms with Gasteiger partial charge in [-0.25, -0.2) is 4.68 Å². The van der Waals surface area contributed by atoms with Crippen LogP contribution in [0.5, 0.6) is 0 Å². The molecule has 2 unspecified atom stereocenters. The number of nitrogens with zero attached hydrogens (tertiary/aromatic N) is 2. The van der Waals surface area contributed by atoms with Crippen molar-refractivity contribution in [3.63, 3.8) is 0 Å². The van der Waals surface area contributed by atoms with Crippen molar-refractivity contribution in [2.24, 2.45) is 5.92 Å². The molecule has 5 nitrogen and oxygen atoms in total. The van der Waals surface area contributed by atoms with Gasteiger partial charge in [-0.1, -0.05) is 13.8 Å². The summed E-state index contributed by atoms with van der Waals surface area (Å²) < 4.78 is 13.0. The van der Waals surface area contributed by atoms with Crippen molar-refractivity contribution in [3.05, 3.63) is 21.0 Å². The lowest BCUT2D eigenvalue weighted by Gasteiger charge is -2.16. The topological polar surface area (TPSA) is 64.0 Å². The summed E-state index contributed by atoms with van der Waals surface area (Å²) in [5.41, 5.74) is 0.555. The highest BCUT2D eigenvalue weighted by molar-refractivity contribution is 9.10. The predicted octanol–water partition coefficient (Wildman–Crippen LogP) is 2.23. The third kappa shape index (κ3) is 5.36. The van der Waals surface area contributed by atoms with Crippen LogP contribution in [0.15, 0.2) is 15.5 Å². The second kappa shape index (κ2) is 7.93. The molecular formula is C13H22BrN3O2S. The second-order valence-electron chi connectivity index (χ2n) is 5.36. The lowest BCUT2D eigenvalue weighted by atomic mass is 10.2. The highest BCUT2D eigenvalue weighted by atomic mass is 79.9. The first-order chi connectivity index (χ1) is 9.31. The van der Waals surface area contributed by atoms with Gasteiger partial charge in [0.25, 0.3) is 5.56 Å². The van der Waals surface area contributed by atoms with Crippen molar-refractivity contribution in [3.8, 4) is 0 Å². The first kappa shape index (κ1) is 17.4. The van der Waals surface area contributed by atoms with Crippen LogP contribution in [-0.4, -0.2) is 32.0 Å². The molecule has 1 N–H and O–H groups in total. The fourth-order valence-electron chi connectivity index (χ4n) is 1.72. The molecule has 2 atom stereocenters. The minimum atomic E-state index is -0.797. The van der Waals surface area contributed by atoms with E-state index in [1.165, 1.54) is 4.68 Å². The number of halogens is 1. The molecule has 1 rings (SSSR count). The molecule has 0 radical (unpaired) electrons. The van der Waals surface area contributed by atoms with Crippen molar-refractivity contribution in [1.29, 1.82) is 0 Å². The van der Waals surface area contributed by atoms with Crippen molar-refractivity contribution in [2.45, 2.75) is 39.8 Å². The Hall–Kier alpha value is -0.690. The van der Waals surface area contributed by atoms with Gasteiger partial charge in [0, 0.05) is 35.4 Å². The fourth-order valence-corrected chi connectivity index (χ4v) is 2.83. The number of anilines is 1. The zero-order valence-electron chi connectivity index (χ0n) is 12.4. The molecule has 0 aliphatic rings. The molecule has 0 saturated carbocycles. The van der Waals surface area contributed by atoms with Crippen LogP contribution in [0.25, 0.3) is 0 Å². The Morgan fingerprint density at radius 3 is 2.65 bits per heavy atom. The lowest BCUT2D eigenvalue weighted by Crippen LogP contribution is -2.28. The molecule has 1 aromatic heterocycles. The number of hydrogen-bond donors (Lipinski definition) is 1. The van der Waals surface area contributed by atoms with Gasteiger partial charge in [-0.3, -0.25) is 9.00 Å². The number of hydrogen-bond acceptors (Lipinski definition) is 4. The van der Waals surface area contributed by atoms with Crippen LogP contribution in [0.3, 0.4) is 0 Å². The van der Waals surface area contributed by atoms with E-state index in [-0.39, 0.29) is 11.6 Å². The van der Waals surface area contributed by atoms with Crippen molar-refractivity contribution < 1.29 is 4.21 Å². The van der Waals surface area contributed by atoms with Crippen LogP contribution in [0.2, 0.25) is 0 Å². The molecule has 0 bridgehead atoms. The van der Waals surface area contributed by atoms with E-state index in [1.54, 1.807) is 12.5 Å². The zero-order chi connectivity index (χ0) is 15.3. The zero-order valence-corrected chi connectivity index (χ0v) is 14.8. The van der Waals surface area contributed by atoms with Gasteiger partial charge in [0.2, 0.25) is 0 Å². The standard InChI is InChI=1S/C13H22BrN3O2S/c1-9(2)8-17-13(18)12(14)11(7-15-17)16-10(3)5-6-20(4)19/h7,9-10,16H,5-6,8H2,1-4H3. The molecule has 0 amide bonds. The molecule has 7 heteroatoms. The van der Waals surface area contributed by atoms with Gasteiger partial charge in [-0.15, -0.1) is 0 Å². The fraction of sp³-hybridized carbons (Fsp3) is 0.692. The molecule has 0 aliphatic carbocycles. The Morgan fingerprint density at radius 1 is 1.45 bits per heavy atom. The van der Waals surface area contributed by atoms with E-state index in [4.69, 9.17) is 0 Å². The van der Waals surface area contributed by atoms with Gasteiger partial charge < -0.3 is 5.32 Å². The summed E-state index contributed by atoms with van der Waals surface area (Å²) >= 11 is 3.33. The van der Waals surface area contributed by atoms with Crippen LogP contribution in [0.4, 0.5) is 5.69 Å². The minimum Gasteiger partial charge on any atom is -0.380 e. The van der Waals surface area contributed by atoms with E-state index in [0.717, 1.165) is 6.42 Å². The van der Waals surface area contributed by atoms with E-state index in [1.807, 2.05) is 20.8 Å². The molecule has 0 aliphatic heterocycles. The highest BCUT2D eigenvalue weighted by Gasteiger charge is 2.12. The molecule has 0 saturated heterocycles. The SMILES string of the molecule is CC(C)Cn1ncc(NC(C)CCS(C)=O)c(Br)c1=O. The number of rotatable bonds is 7. The number of aromatic nitrogens is 2. The summed E-state index contributed by atoms with van der Waals surface area (Å²) in [6, 6.07) is 0.136. The lowest BCUT2D eigenvalue weighted by molar-refractivity contribution is 0.462. The van der Waals surface area contributed by atoms with Gasteiger partial charge in [-0.05, 0) is 35.2 Å². The van der Waals surface area contributed by atoms with Gasteiger partial charge >= 0.3 is 0 Å². The van der Waals surface area contributed by atoms with Gasteiger partial charge in [0.1, 0.15) is 4.47 Å². The maximum absolute atomic E-state index is 12.1. The van der Waals surface area contributed by atoms with E-state index >= 15 is 0 Å². The largest absolute Gasteiger partial charge is 0.380 e. The van der Waals surface area contributed by atoms with E-state index < -0.39 is 10.8 Å². The highest BCUT2D eigenvalue weighted by Crippen LogP contribution is 2.18. The van der Waals surface area contributed by atoms with E-state index in [0.29, 0.717) is 28.4 Å². The monoisotopic (exact) mass is 363 g/mol. The Kier molecular flexibility index (Phi) is 6.88. The van der Waals surface area contributed by atoms with Crippen molar-refractivity contribution >= 4 is 32.4 Å². The molecule has 20 heavy (non-hydrogen) atoms. The summed E-state index contributed by atoms with van der Waals surface area (Å²) in [4.78, 5) is 12.1. The van der Waals surface area contributed by atoms with E-state index in [2.05, 4.69) is 26.3 Å². The van der Waals surface area contributed by atoms with Crippen molar-refractivity contribution in [1.82, 2.24) is 9.78 Å². The summed E-state index contributed by atoms with van der Waals surface area (Å²) in [5, 5.41) is 7.41. The molecule has 1 aromatic rings. The molecule has 1 heterocycles. The quantitative estimate of drug-likeness (QED) is 0.806. The van der Waals surface area contributed by atoms with E-state index in [9.17, 15) is 9.00 Å². The van der Waals surface area contributed by atoms with Gasteiger partial charge in [-0.2, -0.15) is 5.10 Å².